The third-order valence-corrected chi connectivity index (χ3v) is 6.83. The van der Waals surface area contributed by atoms with Gasteiger partial charge in [0.1, 0.15) is 0 Å². The lowest BCUT2D eigenvalue weighted by molar-refractivity contribution is -0.117. The van der Waals surface area contributed by atoms with E-state index in [4.69, 9.17) is 9.47 Å². The van der Waals surface area contributed by atoms with Crippen LogP contribution in [0.3, 0.4) is 0 Å². The topological polar surface area (TPSA) is 88.0 Å². The van der Waals surface area contributed by atoms with E-state index in [-0.39, 0.29) is 24.2 Å². The molecule has 0 saturated carbocycles. The van der Waals surface area contributed by atoms with Crippen LogP contribution in [0.15, 0.2) is 72.4 Å². The van der Waals surface area contributed by atoms with Crippen LogP contribution in [0.5, 0.6) is 0 Å². The molecule has 198 valence electrons. The summed E-state index contributed by atoms with van der Waals surface area (Å²) in [5.74, 6) is 0.137. The number of aliphatic hydroxyl groups is 2. The van der Waals surface area contributed by atoms with Crippen molar-refractivity contribution in [2.45, 2.75) is 95.4 Å². The lowest BCUT2D eigenvalue weighted by atomic mass is 9.91. The molecule has 2 bridgehead atoms. The second kappa shape index (κ2) is 14.5. The third kappa shape index (κ3) is 10.0. The minimum Gasteiger partial charge on any atom is -0.389 e. The predicted molar refractivity (Wildman–Crippen MR) is 143 cm³/mol. The summed E-state index contributed by atoms with van der Waals surface area (Å²) in [6.45, 7) is 9.00. The standard InChI is InChI=1S/C30H43NO5/c1-21-15-16-35-26(19-21)13-14-29(33)28-11-4-7-24(32)18-22(2)17-23(3)20-27-10-5-8-25(36-27)9-6-12-30(34)31-28/h4-8,12-15,23-29,32-33H,2,9-11,16-20H2,1,3H3,(H,31,34)/b7-4+,12-6-,14-13+/t23?,24?,25-,26?,27?,28?,29?/m0/s1. The SMILES string of the molecule is C=C1CC(O)/C=C/CC(C(O)/C=C/C2CC(C)=CCO2)NC(=O)/C=C\C[C@@H]2C=CCC(CC(C)C1)O2. The van der Waals surface area contributed by atoms with E-state index >= 15 is 0 Å². The van der Waals surface area contributed by atoms with Gasteiger partial charge in [-0.05, 0) is 63.9 Å². The van der Waals surface area contributed by atoms with Crippen LogP contribution >= 0.6 is 0 Å². The number of carbonyl (C=O) groups excluding carboxylic acids is 1. The van der Waals surface area contributed by atoms with E-state index in [9.17, 15) is 15.0 Å². The van der Waals surface area contributed by atoms with Gasteiger partial charge in [-0.25, -0.2) is 0 Å². The Hall–Kier alpha value is -2.25. The fourth-order valence-electron chi connectivity index (χ4n) is 4.96. The van der Waals surface area contributed by atoms with Crippen molar-refractivity contribution < 1.29 is 24.5 Å². The summed E-state index contributed by atoms with van der Waals surface area (Å²) in [4.78, 5) is 12.7. The number of amides is 1. The monoisotopic (exact) mass is 497 g/mol. The van der Waals surface area contributed by atoms with Crippen LogP contribution in [-0.2, 0) is 14.3 Å². The summed E-state index contributed by atoms with van der Waals surface area (Å²) in [6, 6.07) is -0.542. The minimum absolute atomic E-state index is 0.0517. The molecule has 3 aliphatic rings. The maximum atomic E-state index is 12.7. The molecule has 0 spiro atoms. The number of nitrogens with one attached hydrogen (secondary N) is 1. The first kappa shape index (κ1) is 28.3. The van der Waals surface area contributed by atoms with E-state index in [1.807, 2.05) is 18.2 Å². The van der Waals surface area contributed by atoms with Crippen molar-refractivity contribution in [2.24, 2.45) is 5.92 Å². The van der Waals surface area contributed by atoms with E-state index < -0.39 is 18.2 Å². The maximum Gasteiger partial charge on any atom is 0.243 e. The molecule has 3 aliphatic heterocycles. The highest BCUT2D eigenvalue weighted by atomic mass is 16.5. The number of carbonyl (C=O) groups is 1. The molecular weight excluding hydrogens is 454 g/mol. The molecule has 0 aromatic heterocycles. The molecule has 0 fully saturated rings. The van der Waals surface area contributed by atoms with Gasteiger partial charge in [-0.15, -0.1) is 0 Å². The minimum atomic E-state index is -0.897. The van der Waals surface area contributed by atoms with Crippen molar-refractivity contribution in [2.75, 3.05) is 6.61 Å². The average molecular weight is 498 g/mol. The van der Waals surface area contributed by atoms with Crippen molar-refractivity contribution in [1.82, 2.24) is 5.32 Å². The van der Waals surface area contributed by atoms with Gasteiger partial charge in [-0.3, -0.25) is 4.79 Å². The van der Waals surface area contributed by atoms with Gasteiger partial charge in [-0.2, -0.15) is 0 Å². The Labute approximate surface area is 216 Å². The summed E-state index contributed by atoms with van der Waals surface area (Å²) >= 11 is 0. The molecular formula is C30H43NO5. The predicted octanol–water partition coefficient (Wildman–Crippen LogP) is 4.47. The van der Waals surface area contributed by atoms with Gasteiger partial charge < -0.3 is 25.0 Å². The quantitative estimate of drug-likeness (QED) is 0.501. The van der Waals surface area contributed by atoms with Gasteiger partial charge >= 0.3 is 0 Å². The summed E-state index contributed by atoms with van der Waals surface area (Å²) < 4.78 is 11.9. The highest BCUT2D eigenvalue weighted by molar-refractivity contribution is 5.87. The first-order chi connectivity index (χ1) is 17.3. The lowest BCUT2D eigenvalue weighted by Crippen LogP contribution is -2.41. The summed E-state index contributed by atoms with van der Waals surface area (Å²) in [6.07, 6.45) is 20.1. The smallest absolute Gasteiger partial charge is 0.243 e. The van der Waals surface area contributed by atoms with Crippen LogP contribution in [0.1, 0.15) is 58.8 Å². The van der Waals surface area contributed by atoms with Gasteiger partial charge in [0.25, 0.3) is 0 Å². The van der Waals surface area contributed by atoms with E-state index in [1.165, 1.54) is 11.6 Å². The van der Waals surface area contributed by atoms with Crippen molar-refractivity contribution in [3.8, 4) is 0 Å². The molecule has 6 nitrogen and oxygen atoms in total. The zero-order valence-corrected chi connectivity index (χ0v) is 21.7. The zero-order chi connectivity index (χ0) is 25.9. The first-order valence-corrected chi connectivity index (χ1v) is 13.2. The fraction of sp³-hybridized carbons (Fsp3) is 0.567. The van der Waals surface area contributed by atoms with Gasteiger partial charge in [-0.1, -0.05) is 73.3 Å². The molecule has 3 N–H and O–H groups in total. The Morgan fingerprint density at radius 2 is 1.94 bits per heavy atom. The largest absolute Gasteiger partial charge is 0.389 e. The van der Waals surface area contributed by atoms with E-state index in [0.29, 0.717) is 31.8 Å². The van der Waals surface area contributed by atoms with Crippen LogP contribution < -0.4 is 5.32 Å². The van der Waals surface area contributed by atoms with Gasteiger partial charge in [0.15, 0.2) is 0 Å². The van der Waals surface area contributed by atoms with Crippen LogP contribution in [0.2, 0.25) is 0 Å². The number of rotatable bonds is 3. The molecule has 6 unspecified atom stereocenters. The van der Waals surface area contributed by atoms with Crippen LogP contribution in [0.4, 0.5) is 0 Å². The molecule has 1 amide bonds. The van der Waals surface area contributed by atoms with Crippen LogP contribution in [0.25, 0.3) is 0 Å². The summed E-state index contributed by atoms with van der Waals surface area (Å²) in [5.41, 5.74) is 2.27. The Bertz CT molecular complexity index is 886. The molecule has 6 heteroatoms. The van der Waals surface area contributed by atoms with E-state index in [0.717, 1.165) is 31.3 Å². The van der Waals surface area contributed by atoms with Crippen LogP contribution in [0, 0.1) is 5.92 Å². The van der Waals surface area contributed by atoms with Crippen molar-refractivity contribution in [3.63, 3.8) is 0 Å². The molecule has 3 rings (SSSR count). The average Bonchev–Trinajstić information content (AvgIpc) is 2.81. The second-order valence-corrected chi connectivity index (χ2v) is 10.4. The first-order valence-electron chi connectivity index (χ1n) is 13.2. The van der Waals surface area contributed by atoms with Gasteiger partial charge in [0, 0.05) is 0 Å². The summed E-state index contributed by atoms with van der Waals surface area (Å²) in [7, 11) is 0. The third-order valence-electron chi connectivity index (χ3n) is 6.83. The Balaban J connectivity index is 1.70. The highest BCUT2D eigenvalue weighted by Crippen LogP contribution is 2.25. The number of hydrogen-bond acceptors (Lipinski definition) is 5. The molecule has 0 aromatic carbocycles. The summed E-state index contributed by atoms with van der Waals surface area (Å²) in [5, 5.41) is 24.3. The number of ether oxygens (including phenoxy) is 2. The Morgan fingerprint density at radius 3 is 2.75 bits per heavy atom. The molecule has 0 saturated heterocycles. The van der Waals surface area contributed by atoms with E-state index in [2.05, 4.69) is 44.0 Å². The van der Waals surface area contributed by atoms with Crippen molar-refractivity contribution >= 4 is 5.91 Å². The lowest BCUT2D eigenvalue weighted by Gasteiger charge is -2.28. The Kier molecular flexibility index (Phi) is 11.4. The van der Waals surface area contributed by atoms with Gasteiger partial charge in [0.05, 0.1) is 43.2 Å². The fourth-order valence-corrected chi connectivity index (χ4v) is 4.96. The maximum absolute atomic E-state index is 12.7. The number of aliphatic hydroxyl groups excluding tert-OH is 2. The van der Waals surface area contributed by atoms with Gasteiger partial charge in [0.2, 0.25) is 5.91 Å². The number of fused-ring (bicyclic) bond motifs is 2. The molecule has 0 aliphatic carbocycles. The van der Waals surface area contributed by atoms with Crippen molar-refractivity contribution in [1.29, 1.82) is 0 Å². The normalized spacial score (nSPS) is 35.8. The molecule has 7 atom stereocenters. The number of hydrogen-bond donors (Lipinski definition) is 3. The van der Waals surface area contributed by atoms with Crippen LogP contribution in [-0.4, -0.2) is 59.3 Å². The van der Waals surface area contributed by atoms with E-state index in [1.54, 1.807) is 12.2 Å². The van der Waals surface area contributed by atoms with Crippen molar-refractivity contribution in [3.05, 3.63) is 72.4 Å². The molecule has 36 heavy (non-hydrogen) atoms. The second-order valence-electron chi connectivity index (χ2n) is 10.4. The molecule has 0 radical (unpaired) electrons. The molecule has 0 aromatic rings. The molecule has 3 heterocycles. The highest BCUT2D eigenvalue weighted by Gasteiger charge is 2.22. The zero-order valence-electron chi connectivity index (χ0n) is 21.7. The Morgan fingerprint density at radius 1 is 1.14 bits per heavy atom.